The molecule has 9 aromatic carbocycles. The maximum absolute atomic E-state index is 2.51. The molecule has 0 bridgehead atoms. The Kier molecular flexibility index (Phi) is 5.70. The van der Waals surface area contributed by atoms with Crippen LogP contribution in [0.15, 0.2) is 158 Å². The molecule has 1 heteroatoms. The summed E-state index contributed by atoms with van der Waals surface area (Å²) in [7, 11) is 0. The zero-order chi connectivity index (χ0) is 33.1. The molecule has 0 atom stereocenters. The minimum Gasteiger partial charge on any atom is -0.135 e. The molecular weight excluding hydrogens is 621 g/mol. The van der Waals surface area contributed by atoms with Gasteiger partial charge in [0.05, 0.1) is 0 Å². The fourth-order valence-corrected chi connectivity index (χ4v) is 10.1. The van der Waals surface area contributed by atoms with Gasteiger partial charge in [-0.3, -0.25) is 0 Å². The highest BCUT2D eigenvalue weighted by Crippen LogP contribution is 2.53. The third kappa shape index (κ3) is 3.81. The SMILES string of the molecule is CC1(C)c2cc3ccccc3cc2-c2cc3sc4ccc(-c5c6ccccc6c(-c6cccc7ccccc67)c6ccccc56)cc4c3cc21. The van der Waals surface area contributed by atoms with Crippen LogP contribution in [0.4, 0.5) is 0 Å². The van der Waals surface area contributed by atoms with E-state index in [9.17, 15) is 0 Å². The lowest BCUT2D eigenvalue weighted by atomic mass is 9.81. The van der Waals surface area contributed by atoms with E-state index in [4.69, 9.17) is 0 Å². The Morgan fingerprint density at radius 3 is 1.62 bits per heavy atom. The molecule has 0 amide bonds. The van der Waals surface area contributed by atoms with E-state index in [0.717, 1.165) is 0 Å². The number of thiophene rings is 1. The predicted octanol–water partition coefficient (Wildman–Crippen LogP) is 14.3. The number of rotatable bonds is 2. The third-order valence-corrected chi connectivity index (χ3v) is 12.5. The standard InChI is InChI=1S/C49H32S/c1-49(2)43-26-31-14-4-3-13-30(31)24-39(43)40-28-46-42(27-44(40)49)41-25-32(22-23-45(41)50-46)47-35-17-7-9-19-37(35)48(38-20-10-8-18-36(38)47)34-21-11-15-29-12-5-6-16-33(29)34/h3-28H,1-2H3. The van der Waals surface area contributed by atoms with Crippen molar-refractivity contribution in [3.05, 3.63) is 169 Å². The van der Waals surface area contributed by atoms with Crippen LogP contribution in [-0.2, 0) is 5.41 Å². The van der Waals surface area contributed by atoms with Crippen LogP contribution < -0.4 is 0 Å². The first kappa shape index (κ1) is 28.1. The second-order valence-electron chi connectivity index (χ2n) is 14.4. The molecule has 0 N–H and O–H groups in total. The summed E-state index contributed by atoms with van der Waals surface area (Å²) < 4.78 is 2.69. The smallest absolute Gasteiger partial charge is 0.0361 e. The molecule has 1 aliphatic carbocycles. The minimum absolute atomic E-state index is 0.0708. The second-order valence-corrected chi connectivity index (χ2v) is 15.5. The molecule has 0 spiro atoms. The summed E-state index contributed by atoms with van der Waals surface area (Å²) in [6, 6.07) is 59.3. The van der Waals surface area contributed by atoms with Crippen molar-refractivity contribution in [2.75, 3.05) is 0 Å². The zero-order valence-corrected chi connectivity index (χ0v) is 28.7. The maximum Gasteiger partial charge on any atom is 0.0361 e. The summed E-state index contributed by atoms with van der Waals surface area (Å²) in [5, 5.41) is 13.0. The third-order valence-electron chi connectivity index (χ3n) is 11.4. The lowest BCUT2D eigenvalue weighted by Crippen LogP contribution is -2.14. The molecule has 0 unspecified atom stereocenters. The molecule has 234 valence electrons. The summed E-state index contributed by atoms with van der Waals surface area (Å²) in [6.07, 6.45) is 0. The van der Waals surface area contributed by atoms with Crippen LogP contribution in [0.25, 0.3) is 96.6 Å². The number of benzene rings is 9. The summed E-state index contributed by atoms with van der Waals surface area (Å²) in [5.74, 6) is 0. The largest absolute Gasteiger partial charge is 0.135 e. The highest BCUT2D eigenvalue weighted by atomic mass is 32.1. The number of fused-ring (bicyclic) bond motifs is 10. The maximum atomic E-state index is 2.51. The summed E-state index contributed by atoms with van der Waals surface area (Å²) >= 11 is 1.92. The molecule has 0 nitrogen and oxygen atoms in total. The zero-order valence-electron chi connectivity index (χ0n) is 27.9. The van der Waals surface area contributed by atoms with Gasteiger partial charge in [0.15, 0.2) is 0 Å². The van der Waals surface area contributed by atoms with E-state index in [-0.39, 0.29) is 5.41 Å². The van der Waals surface area contributed by atoms with Crippen molar-refractivity contribution in [1.29, 1.82) is 0 Å². The van der Waals surface area contributed by atoms with Gasteiger partial charge >= 0.3 is 0 Å². The van der Waals surface area contributed by atoms with Crippen LogP contribution in [0.5, 0.6) is 0 Å². The van der Waals surface area contributed by atoms with E-state index in [1.54, 1.807) is 0 Å². The monoisotopic (exact) mass is 652 g/mol. The van der Waals surface area contributed by atoms with Gasteiger partial charge < -0.3 is 0 Å². The summed E-state index contributed by atoms with van der Waals surface area (Å²) in [4.78, 5) is 0. The Labute approximate surface area is 294 Å². The van der Waals surface area contributed by atoms with Crippen LogP contribution in [-0.4, -0.2) is 0 Å². The van der Waals surface area contributed by atoms with Gasteiger partial charge in [-0.1, -0.05) is 135 Å². The van der Waals surface area contributed by atoms with Gasteiger partial charge in [-0.2, -0.15) is 0 Å². The van der Waals surface area contributed by atoms with Crippen LogP contribution in [0, 0.1) is 0 Å². The van der Waals surface area contributed by atoms with Crippen molar-refractivity contribution >= 4 is 74.6 Å². The Balaban J connectivity index is 1.17. The molecule has 11 rings (SSSR count). The molecular formula is C49H32S. The van der Waals surface area contributed by atoms with Gasteiger partial charge in [-0.25, -0.2) is 0 Å². The van der Waals surface area contributed by atoms with Crippen molar-refractivity contribution in [3.8, 4) is 33.4 Å². The van der Waals surface area contributed by atoms with E-state index >= 15 is 0 Å². The van der Waals surface area contributed by atoms with Gasteiger partial charge in [0.2, 0.25) is 0 Å². The molecule has 1 heterocycles. The van der Waals surface area contributed by atoms with Crippen molar-refractivity contribution in [2.45, 2.75) is 19.3 Å². The quantitative estimate of drug-likeness (QED) is 0.163. The first-order valence-electron chi connectivity index (χ1n) is 17.5. The van der Waals surface area contributed by atoms with Crippen LogP contribution in [0.1, 0.15) is 25.0 Å². The van der Waals surface area contributed by atoms with Crippen LogP contribution in [0.2, 0.25) is 0 Å². The lowest BCUT2D eigenvalue weighted by Gasteiger charge is -2.22. The first-order chi connectivity index (χ1) is 24.5. The van der Waals surface area contributed by atoms with Gasteiger partial charge in [-0.05, 0) is 124 Å². The summed E-state index contributed by atoms with van der Waals surface area (Å²) in [6.45, 7) is 4.79. The highest BCUT2D eigenvalue weighted by Gasteiger charge is 2.36. The van der Waals surface area contributed by atoms with Gasteiger partial charge in [0.25, 0.3) is 0 Å². The van der Waals surface area contributed by atoms with Crippen LogP contribution >= 0.6 is 11.3 Å². The fourth-order valence-electron chi connectivity index (χ4n) is 9.02. The Morgan fingerprint density at radius 1 is 0.360 bits per heavy atom. The molecule has 1 aromatic heterocycles. The Bertz CT molecular complexity index is 3000. The van der Waals surface area contributed by atoms with E-state index < -0.39 is 0 Å². The average Bonchev–Trinajstić information content (AvgIpc) is 3.62. The Hall–Kier alpha value is -5.76. The predicted molar refractivity (Wildman–Crippen MR) is 218 cm³/mol. The van der Waals surface area contributed by atoms with Crippen molar-refractivity contribution in [1.82, 2.24) is 0 Å². The van der Waals surface area contributed by atoms with Crippen molar-refractivity contribution in [3.63, 3.8) is 0 Å². The fraction of sp³-hybridized carbons (Fsp3) is 0.0612. The second kappa shape index (κ2) is 10.1. The highest BCUT2D eigenvalue weighted by molar-refractivity contribution is 7.25. The molecule has 1 aliphatic rings. The minimum atomic E-state index is -0.0708. The van der Waals surface area contributed by atoms with Crippen molar-refractivity contribution < 1.29 is 0 Å². The first-order valence-corrected chi connectivity index (χ1v) is 18.3. The number of hydrogen-bond acceptors (Lipinski definition) is 1. The molecule has 0 radical (unpaired) electrons. The van der Waals surface area contributed by atoms with Gasteiger partial charge in [0.1, 0.15) is 0 Å². The van der Waals surface area contributed by atoms with Gasteiger partial charge in [-0.15, -0.1) is 11.3 Å². The van der Waals surface area contributed by atoms with Gasteiger partial charge in [0, 0.05) is 25.6 Å². The van der Waals surface area contributed by atoms with Crippen molar-refractivity contribution in [2.24, 2.45) is 0 Å². The van der Waals surface area contributed by atoms with E-state index in [1.165, 1.54) is 108 Å². The Morgan fingerprint density at radius 2 is 0.900 bits per heavy atom. The lowest BCUT2D eigenvalue weighted by molar-refractivity contribution is 0.662. The normalized spacial score (nSPS) is 13.6. The van der Waals surface area contributed by atoms with E-state index in [1.807, 2.05) is 11.3 Å². The molecule has 0 fully saturated rings. The molecule has 0 aliphatic heterocycles. The molecule has 50 heavy (non-hydrogen) atoms. The van der Waals surface area contributed by atoms with E-state index in [0.29, 0.717) is 0 Å². The van der Waals surface area contributed by atoms with E-state index in [2.05, 4.69) is 172 Å². The summed E-state index contributed by atoms with van der Waals surface area (Å²) in [5.41, 5.74) is 10.7. The topological polar surface area (TPSA) is 0 Å². The average molecular weight is 653 g/mol. The van der Waals surface area contributed by atoms with Crippen LogP contribution in [0.3, 0.4) is 0 Å². The molecule has 10 aromatic rings. The molecule has 0 saturated carbocycles. The molecule has 0 saturated heterocycles. The number of hydrogen-bond donors (Lipinski definition) is 0.